The predicted molar refractivity (Wildman–Crippen MR) is 122 cm³/mol. The minimum absolute atomic E-state index is 0.0705. The van der Waals surface area contributed by atoms with Crippen LogP contribution in [0.1, 0.15) is 58.8 Å². The first-order chi connectivity index (χ1) is 16.2. The van der Waals surface area contributed by atoms with Gasteiger partial charge in [-0.1, -0.05) is 13.8 Å². The number of ketones is 1. The van der Waals surface area contributed by atoms with Crippen molar-refractivity contribution in [3.63, 3.8) is 0 Å². The number of rotatable bonds is 1. The highest BCUT2D eigenvalue weighted by molar-refractivity contribution is 6.00. The molecule has 8 nitrogen and oxygen atoms in total. The molecule has 4 fully saturated rings. The second kappa shape index (κ2) is 6.78. The van der Waals surface area contributed by atoms with E-state index in [9.17, 15) is 9.59 Å². The highest BCUT2D eigenvalue weighted by Gasteiger charge is 2.63. The van der Waals surface area contributed by atoms with E-state index in [4.69, 9.17) is 9.47 Å². The summed E-state index contributed by atoms with van der Waals surface area (Å²) in [5.74, 6) is 1.46. The van der Waals surface area contributed by atoms with Crippen LogP contribution in [-0.2, 0) is 19.1 Å². The molecule has 8 heteroatoms. The van der Waals surface area contributed by atoms with Crippen molar-refractivity contribution < 1.29 is 19.1 Å². The molecule has 1 N–H and O–H groups in total. The maximum absolute atomic E-state index is 13.5. The molecular formula is C26H34N4O4. The van der Waals surface area contributed by atoms with Crippen LogP contribution in [0.25, 0.3) is 0 Å². The van der Waals surface area contributed by atoms with Gasteiger partial charge in [0.05, 0.1) is 44.9 Å². The summed E-state index contributed by atoms with van der Waals surface area (Å²) in [4.78, 5) is 28.7. The molecule has 1 amide bonds. The zero-order valence-electron chi connectivity index (χ0n) is 20.2. The van der Waals surface area contributed by atoms with E-state index >= 15 is 0 Å². The van der Waals surface area contributed by atoms with E-state index in [-0.39, 0.29) is 28.6 Å². The lowest BCUT2D eigenvalue weighted by Crippen LogP contribution is -2.65. The van der Waals surface area contributed by atoms with Crippen LogP contribution in [0.3, 0.4) is 0 Å². The molecule has 3 spiro atoms. The zero-order valence-corrected chi connectivity index (χ0v) is 20.2. The summed E-state index contributed by atoms with van der Waals surface area (Å²) in [5.41, 5.74) is 2.48. The van der Waals surface area contributed by atoms with E-state index in [2.05, 4.69) is 29.4 Å². The largest absolute Gasteiger partial charge is 0.380 e. The van der Waals surface area contributed by atoms with E-state index in [1.807, 2.05) is 4.90 Å². The zero-order chi connectivity index (χ0) is 23.3. The lowest BCUT2D eigenvalue weighted by molar-refractivity contribution is -0.169. The Kier molecular flexibility index (Phi) is 4.24. The second-order valence-electron chi connectivity index (χ2n) is 12.8. The topological polar surface area (TPSA) is 92.6 Å². The number of likely N-dealkylation sites (tertiary alicyclic amines) is 1. The molecule has 0 aromatic carbocycles. The number of hydrogen-bond donors (Lipinski definition) is 1. The summed E-state index contributed by atoms with van der Waals surface area (Å²) < 4.78 is 11.9. The summed E-state index contributed by atoms with van der Waals surface area (Å²) in [5, 5.41) is 12.1. The number of azo groups is 1. The Morgan fingerprint density at radius 1 is 1.12 bits per heavy atom. The van der Waals surface area contributed by atoms with Crippen LogP contribution in [0.2, 0.25) is 0 Å². The van der Waals surface area contributed by atoms with Crippen LogP contribution >= 0.6 is 0 Å². The molecular weight excluding hydrogens is 432 g/mol. The van der Waals surface area contributed by atoms with E-state index in [0.29, 0.717) is 38.1 Å². The summed E-state index contributed by atoms with van der Waals surface area (Å²) in [7, 11) is 0. The Labute approximate surface area is 200 Å². The van der Waals surface area contributed by atoms with Crippen LogP contribution in [0.5, 0.6) is 0 Å². The van der Waals surface area contributed by atoms with Gasteiger partial charge in [0.2, 0.25) is 5.91 Å². The minimum Gasteiger partial charge on any atom is -0.380 e. The van der Waals surface area contributed by atoms with Gasteiger partial charge in [0.25, 0.3) is 0 Å². The monoisotopic (exact) mass is 466 g/mol. The fraction of sp³-hybridized carbons (Fsp3) is 0.769. The van der Waals surface area contributed by atoms with E-state index in [0.717, 1.165) is 74.4 Å². The Balaban J connectivity index is 1.10. The lowest BCUT2D eigenvalue weighted by Gasteiger charge is -2.51. The molecule has 182 valence electrons. The Bertz CT molecular complexity index is 1070. The Hall–Kier alpha value is -2.06. The molecule has 3 saturated heterocycles. The van der Waals surface area contributed by atoms with Gasteiger partial charge in [-0.25, -0.2) is 0 Å². The van der Waals surface area contributed by atoms with Crippen molar-refractivity contribution in [2.75, 3.05) is 39.5 Å². The first-order valence-electron chi connectivity index (χ1n) is 12.9. The smallest absolute Gasteiger partial charge is 0.225 e. The van der Waals surface area contributed by atoms with Crippen molar-refractivity contribution in [2.45, 2.75) is 64.4 Å². The molecule has 7 rings (SSSR count). The molecule has 0 aromatic heterocycles. The van der Waals surface area contributed by atoms with E-state index < -0.39 is 5.41 Å². The average molecular weight is 467 g/mol. The van der Waals surface area contributed by atoms with Crippen LogP contribution < -0.4 is 5.32 Å². The number of nitrogens with one attached hydrogen (secondary N) is 1. The average Bonchev–Trinajstić information content (AvgIpc) is 3.36. The Morgan fingerprint density at radius 3 is 2.59 bits per heavy atom. The summed E-state index contributed by atoms with van der Waals surface area (Å²) in [6.45, 7) is 8.30. The molecule has 1 atom stereocenters. The van der Waals surface area contributed by atoms with Gasteiger partial charge in [0.15, 0.2) is 11.6 Å². The quantitative estimate of drug-likeness (QED) is 0.641. The maximum Gasteiger partial charge on any atom is 0.225 e. The first kappa shape index (κ1) is 21.2. The molecule has 5 heterocycles. The molecule has 1 saturated carbocycles. The van der Waals surface area contributed by atoms with Gasteiger partial charge in [0.1, 0.15) is 5.60 Å². The molecule has 2 aliphatic carbocycles. The third-order valence-corrected chi connectivity index (χ3v) is 9.62. The normalized spacial score (nSPS) is 34.9. The van der Waals surface area contributed by atoms with Crippen LogP contribution in [0.15, 0.2) is 32.9 Å². The fourth-order valence-electron chi connectivity index (χ4n) is 7.77. The number of dihydropyridines is 1. The molecule has 34 heavy (non-hydrogen) atoms. The van der Waals surface area contributed by atoms with Gasteiger partial charge < -0.3 is 19.7 Å². The van der Waals surface area contributed by atoms with Crippen molar-refractivity contribution >= 4 is 11.7 Å². The number of carbonyl (C=O) groups excluding carboxylic acids is 2. The molecule has 5 aliphatic heterocycles. The number of nitrogens with zero attached hydrogens (tertiary/aromatic N) is 3. The second-order valence-corrected chi connectivity index (χ2v) is 12.8. The number of ether oxygens (including phenoxy) is 2. The fourth-order valence-corrected chi connectivity index (χ4v) is 7.77. The predicted octanol–water partition coefficient (Wildman–Crippen LogP) is 3.10. The van der Waals surface area contributed by atoms with Gasteiger partial charge in [-0.15, -0.1) is 5.11 Å². The number of hydrogen-bond acceptors (Lipinski definition) is 7. The standard InChI is InChI=1S/C26H34N4O4/c1-23(2)7-18-20(19(31)8-23)26(17-9-27-29-21(17)28-18)10-25(34-15-26)11-30(12-25)22(32)16-3-5-24(6-4-16)13-33-14-24/h16,28H,3-15H2,1-2H3/t26-/m1/s1. The van der Waals surface area contributed by atoms with Crippen LogP contribution in [0.4, 0.5) is 0 Å². The van der Waals surface area contributed by atoms with Crippen molar-refractivity contribution in [1.82, 2.24) is 10.2 Å². The van der Waals surface area contributed by atoms with Gasteiger partial charge in [-0.2, -0.15) is 5.11 Å². The molecule has 0 unspecified atom stereocenters. The van der Waals surface area contributed by atoms with Gasteiger partial charge in [-0.3, -0.25) is 9.59 Å². The minimum atomic E-state index is -0.455. The van der Waals surface area contributed by atoms with Crippen LogP contribution in [0, 0.1) is 22.2 Å². The summed E-state index contributed by atoms with van der Waals surface area (Å²) in [6.07, 6.45) is 6.28. The summed E-state index contributed by atoms with van der Waals surface area (Å²) in [6, 6.07) is 0. The number of carbonyl (C=O) groups is 2. The van der Waals surface area contributed by atoms with Gasteiger partial charge >= 0.3 is 0 Å². The highest BCUT2D eigenvalue weighted by Crippen LogP contribution is 2.59. The van der Waals surface area contributed by atoms with Crippen molar-refractivity contribution in [1.29, 1.82) is 0 Å². The van der Waals surface area contributed by atoms with E-state index in [1.54, 1.807) is 0 Å². The highest BCUT2D eigenvalue weighted by atomic mass is 16.5. The van der Waals surface area contributed by atoms with E-state index in [1.165, 1.54) is 0 Å². The van der Waals surface area contributed by atoms with Crippen molar-refractivity contribution in [3.05, 3.63) is 22.7 Å². The number of amides is 1. The number of fused-ring (bicyclic) bond motifs is 2. The lowest BCUT2D eigenvalue weighted by atomic mass is 9.61. The third kappa shape index (κ3) is 2.90. The molecule has 7 aliphatic rings. The molecule has 0 bridgehead atoms. The third-order valence-electron chi connectivity index (χ3n) is 9.62. The Morgan fingerprint density at radius 2 is 1.88 bits per heavy atom. The first-order valence-corrected chi connectivity index (χ1v) is 12.9. The van der Waals surface area contributed by atoms with Crippen molar-refractivity contribution in [3.8, 4) is 0 Å². The SMILES string of the molecule is CC1(C)CC(=O)C2=C(C1)NC1=C(CN=N1)[C@@]21COC2(CN(C(=O)C3CCC4(CC3)COC4)C2)C1. The molecule has 0 aromatic rings. The van der Waals surface area contributed by atoms with Gasteiger partial charge in [-0.05, 0) is 43.9 Å². The summed E-state index contributed by atoms with van der Waals surface area (Å²) >= 11 is 0. The van der Waals surface area contributed by atoms with Crippen molar-refractivity contribution in [2.24, 2.45) is 32.4 Å². The number of allylic oxidation sites excluding steroid dienone is 1. The maximum atomic E-state index is 13.5. The van der Waals surface area contributed by atoms with Gasteiger partial charge in [0, 0.05) is 34.6 Å². The molecule has 0 radical (unpaired) electrons. The van der Waals surface area contributed by atoms with Crippen LogP contribution in [-0.4, -0.2) is 61.6 Å². The number of Topliss-reactive ketones (excluding diaryl/α,β-unsaturated/α-hetero) is 1.